The van der Waals surface area contributed by atoms with Gasteiger partial charge in [-0.3, -0.25) is 19.1 Å². The average molecular weight is 502 g/mol. The topological polar surface area (TPSA) is 126 Å². The molecule has 1 aliphatic rings. The van der Waals surface area contributed by atoms with Crippen molar-refractivity contribution in [3.8, 4) is 0 Å². The molecule has 0 amide bonds. The molecule has 36 heavy (non-hydrogen) atoms. The molecule has 2 aromatic carbocycles. The highest BCUT2D eigenvalue weighted by molar-refractivity contribution is 5.96. The maximum atomic E-state index is 14.4. The number of nitrogens with one attached hydrogen (secondary N) is 1. The minimum absolute atomic E-state index is 0.0190. The zero-order valence-electron chi connectivity index (χ0n) is 18.8. The number of aromatic amines is 1. The molecule has 0 saturated carbocycles. The van der Waals surface area contributed by atoms with Crippen LogP contribution >= 0.6 is 0 Å². The Morgan fingerprint density at radius 1 is 0.972 bits per heavy atom. The minimum Gasteiger partial charge on any atom is -0.449 e. The summed E-state index contributed by atoms with van der Waals surface area (Å²) in [6.07, 6.45) is -3.84. The number of ether oxygens (including phenoxy) is 2. The number of carbonyl (C=O) groups is 2. The van der Waals surface area contributed by atoms with Crippen LogP contribution in [0.2, 0.25) is 0 Å². The quantitative estimate of drug-likeness (QED) is 0.368. The number of esters is 1. The van der Waals surface area contributed by atoms with Gasteiger partial charge in [-0.05, 0) is 28.1 Å². The van der Waals surface area contributed by atoms with E-state index in [-0.39, 0.29) is 11.1 Å². The van der Waals surface area contributed by atoms with E-state index >= 15 is 0 Å². The molecule has 10 nitrogen and oxygen atoms in total. The van der Waals surface area contributed by atoms with Crippen LogP contribution in [-0.4, -0.2) is 38.8 Å². The van der Waals surface area contributed by atoms with Crippen LogP contribution in [0.3, 0.4) is 0 Å². The molecule has 4 rings (SSSR count). The maximum Gasteiger partial charge on any atom is 0.338 e. The van der Waals surface area contributed by atoms with E-state index in [1.807, 2.05) is 4.98 Å². The van der Waals surface area contributed by atoms with Crippen molar-refractivity contribution in [1.82, 2.24) is 9.55 Å². The molecule has 0 radical (unpaired) electrons. The molecule has 0 aliphatic carbocycles. The lowest BCUT2D eigenvalue weighted by Gasteiger charge is -2.33. The average Bonchev–Trinajstić information content (AvgIpc) is 3.13. The molecule has 1 saturated heterocycles. The Labute approximate surface area is 201 Å². The van der Waals surface area contributed by atoms with Crippen LogP contribution in [0.5, 0.6) is 0 Å². The van der Waals surface area contributed by atoms with E-state index in [4.69, 9.17) is 9.47 Å². The van der Waals surface area contributed by atoms with E-state index in [1.165, 1.54) is 36.4 Å². The fourth-order valence-electron chi connectivity index (χ4n) is 4.08. The third kappa shape index (κ3) is 4.49. The zero-order valence-corrected chi connectivity index (χ0v) is 18.8. The van der Waals surface area contributed by atoms with Crippen molar-refractivity contribution in [2.75, 3.05) is 0 Å². The molecule has 0 bridgehead atoms. The Hall–Kier alpha value is -4.00. The molecule has 3 aromatic rings. The van der Waals surface area contributed by atoms with Crippen molar-refractivity contribution < 1.29 is 38.0 Å². The molecule has 1 N–H and O–H groups in total. The van der Waals surface area contributed by atoms with Gasteiger partial charge in [0.25, 0.3) is 11.3 Å². The first kappa shape index (κ1) is 25.1. The van der Waals surface area contributed by atoms with Crippen LogP contribution in [0.15, 0.2) is 82.5 Å². The van der Waals surface area contributed by atoms with Crippen molar-refractivity contribution >= 4 is 11.8 Å². The van der Waals surface area contributed by atoms with Gasteiger partial charge in [0.1, 0.15) is 0 Å². The first-order chi connectivity index (χ1) is 17.2. The third-order valence-electron chi connectivity index (χ3n) is 5.86. The van der Waals surface area contributed by atoms with Crippen molar-refractivity contribution in [3.05, 3.63) is 105 Å². The van der Waals surface area contributed by atoms with Crippen LogP contribution in [0.25, 0.3) is 0 Å². The van der Waals surface area contributed by atoms with E-state index in [0.717, 1.165) is 19.2 Å². The van der Waals surface area contributed by atoms with E-state index in [9.17, 15) is 28.2 Å². The second kappa shape index (κ2) is 9.93. The van der Waals surface area contributed by atoms with E-state index < -0.39 is 53.1 Å². The van der Waals surface area contributed by atoms with E-state index in [0.29, 0.717) is 4.57 Å². The number of hydrogen-bond donors (Lipinski definition) is 1. The van der Waals surface area contributed by atoms with Crippen LogP contribution in [0, 0.1) is 0 Å². The zero-order chi connectivity index (χ0) is 25.9. The summed E-state index contributed by atoms with van der Waals surface area (Å²) in [7, 11) is 0. The number of hydrogen-bond acceptors (Lipinski definition) is 8. The van der Waals surface area contributed by atoms with Crippen molar-refractivity contribution in [3.63, 3.8) is 0 Å². The summed E-state index contributed by atoms with van der Waals surface area (Å²) in [6, 6.07) is 16.1. The van der Waals surface area contributed by atoms with Crippen LogP contribution in [-0.2, 0) is 19.4 Å². The van der Waals surface area contributed by atoms with Crippen molar-refractivity contribution in [2.45, 2.75) is 37.1 Å². The largest absolute Gasteiger partial charge is 0.449 e. The predicted molar refractivity (Wildman–Crippen MR) is 118 cm³/mol. The molecule has 1 fully saturated rings. The molecule has 2 heterocycles. The number of benzene rings is 2. The Balaban J connectivity index is 1.82. The second-order valence-corrected chi connectivity index (χ2v) is 8.25. The van der Waals surface area contributed by atoms with Gasteiger partial charge >= 0.3 is 11.7 Å². The summed E-state index contributed by atoms with van der Waals surface area (Å²) in [4.78, 5) is 60.1. The van der Waals surface area contributed by atoms with Crippen molar-refractivity contribution in [1.29, 1.82) is 0 Å². The molecule has 1 aromatic heterocycles. The second-order valence-electron chi connectivity index (χ2n) is 8.25. The number of ketones is 1. The fourth-order valence-corrected chi connectivity index (χ4v) is 4.08. The van der Waals surface area contributed by atoms with Crippen LogP contribution < -0.4 is 11.2 Å². The van der Waals surface area contributed by atoms with Crippen molar-refractivity contribution in [2.24, 2.45) is 0 Å². The number of nitrogens with zero attached hydrogens (tertiary/aromatic N) is 1. The maximum absolute atomic E-state index is 14.4. The lowest BCUT2D eigenvalue weighted by molar-refractivity contribution is -0.361. The Morgan fingerprint density at radius 2 is 1.58 bits per heavy atom. The summed E-state index contributed by atoms with van der Waals surface area (Å²) >= 11 is 0. The van der Waals surface area contributed by atoms with Gasteiger partial charge in [-0.25, -0.2) is 9.59 Å². The normalized spacial score (nSPS) is 25.4. The highest BCUT2D eigenvalue weighted by Gasteiger charge is 2.69. The molecule has 0 spiro atoms. The van der Waals surface area contributed by atoms with Gasteiger partial charge in [-0.15, -0.1) is 0 Å². The summed E-state index contributed by atoms with van der Waals surface area (Å²) < 4.78 is 40.4. The summed E-state index contributed by atoms with van der Waals surface area (Å²) in [5, 5.41) is 0. The smallest absolute Gasteiger partial charge is 0.338 e. The van der Waals surface area contributed by atoms with Gasteiger partial charge in [0.15, 0.2) is 23.7 Å². The number of carbonyl (C=O) groups excluding carboxylic acids is 2. The van der Waals surface area contributed by atoms with Gasteiger partial charge in [0.2, 0.25) is 0 Å². The molecule has 188 valence electrons. The SMILES string of the molecule is C[C@@]1(OF)[C@H](OC(=O)c2ccccc2)[C@@](CC(=O)c2ccccc2)(OF)O[C@H]1n1ccc(=O)[nH]c1=O. The first-order valence-corrected chi connectivity index (χ1v) is 10.7. The highest BCUT2D eigenvalue weighted by Crippen LogP contribution is 2.50. The lowest BCUT2D eigenvalue weighted by Crippen LogP contribution is -2.54. The van der Waals surface area contributed by atoms with Gasteiger partial charge in [0.05, 0.1) is 12.0 Å². The number of Topliss-reactive ketones (excluding diaryl/α,β-unsaturated/α-hetero) is 1. The summed E-state index contributed by atoms with van der Waals surface area (Å²) in [6.45, 7) is 1.03. The Kier molecular flexibility index (Phi) is 6.93. The monoisotopic (exact) mass is 502 g/mol. The first-order valence-electron chi connectivity index (χ1n) is 10.7. The number of aromatic nitrogens is 2. The lowest BCUT2D eigenvalue weighted by atomic mass is 9.90. The molecule has 1 aliphatic heterocycles. The van der Waals surface area contributed by atoms with Crippen LogP contribution in [0.4, 0.5) is 9.05 Å². The van der Waals surface area contributed by atoms with E-state index in [1.54, 1.807) is 24.3 Å². The standard InChI is InChI=1S/C24H20F2N2O8/c1-23(35-25)20(33-19(31)16-10-6-3-7-11-16)24(36-26,14-17(29)15-8-4-2-5-9-15)34-21(23)28-13-12-18(30)27-22(28)32/h2-13,20-21H,14H2,1H3,(H,27,30,32)/t20-,21+,23+,24+/m0/s1. The van der Waals surface area contributed by atoms with Gasteiger partial charge in [0, 0.05) is 17.8 Å². The molecule has 12 heteroatoms. The van der Waals surface area contributed by atoms with Gasteiger partial charge in [-0.1, -0.05) is 48.5 Å². The Bertz CT molecular complexity index is 1360. The molecular formula is C24H20F2N2O8. The summed E-state index contributed by atoms with van der Waals surface area (Å²) in [5.41, 5.74) is -4.09. The molecule has 4 atom stereocenters. The molecular weight excluding hydrogens is 482 g/mol. The fraction of sp³-hybridized carbons (Fsp3) is 0.250. The predicted octanol–water partition coefficient (Wildman–Crippen LogP) is 2.82. The molecule has 0 unspecified atom stereocenters. The Morgan fingerprint density at radius 3 is 2.14 bits per heavy atom. The third-order valence-corrected chi connectivity index (χ3v) is 5.86. The highest BCUT2D eigenvalue weighted by atomic mass is 19.3. The number of halogens is 2. The van der Waals surface area contributed by atoms with E-state index in [2.05, 4.69) is 9.88 Å². The minimum atomic E-state index is -2.74. The van der Waals surface area contributed by atoms with Gasteiger partial charge < -0.3 is 9.47 Å². The number of rotatable bonds is 8. The number of H-pyrrole nitrogens is 1. The van der Waals surface area contributed by atoms with Gasteiger partial charge in [-0.2, -0.15) is 9.88 Å². The summed E-state index contributed by atoms with van der Waals surface area (Å²) in [5.74, 6) is -4.47. The van der Waals surface area contributed by atoms with Crippen LogP contribution in [0.1, 0.15) is 40.3 Å².